The normalized spacial score (nSPS) is 11.5. The molecule has 0 saturated carbocycles. The molecular weight excluding hydrogens is 216 g/mol. The Morgan fingerprint density at radius 3 is 2.79 bits per heavy atom. The van der Waals surface area contributed by atoms with E-state index in [1.54, 1.807) is 0 Å². The van der Waals surface area contributed by atoms with Crippen molar-refractivity contribution in [2.75, 3.05) is 13.7 Å². The standard InChI is InChI=1S/C8H8ClF2NO2/c1-14-7-2-5(6(9)3-12-7)8(10,11)4-13/h2-3,13H,4H2,1H3. The molecule has 0 spiro atoms. The van der Waals surface area contributed by atoms with Gasteiger partial charge in [-0.2, -0.15) is 8.78 Å². The summed E-state index contributed by atoms with van der Waals surface area (Å²) in [6.07, 6.45) is 1.05. The van der Waals surface area contributed by atoms with E-state index < -0.39 is 18.1 Å². The highest BCUT2D eigenvalue weighted by molar-refractivity contribution is 6.31. The van der Waals surface area contributed by atoms with Crippen LogP contribution in [-0.2, 0) is 5.92 Å². The average Bonchev–Trinajstić information content (AvgIpc) is 2.18. The zero-order chi connectivity index (χ0) is 10.8. The second-order valence-corrected chi connectivity index (χ2v) is 2.98. The van der Waals surface area contributed by atoms with Crippen LogP contribution >= 0.6 is 11.6 Å². The van der Waals surface area contributed by atoms with Gasteiger partial charge in [0, 0.05) is 11.6 Å². The van der Waals surface area contributed by atoms with Crippen LogP contribution in [0, 0.1) is 0 Å². The van der Waals surface area contributed by atoms with Crippen molar-refractivity contribution < 1.29 is 18.6 Å². The summed E-state index contributed by atoms with van der Waals surface area (Å²) in [6.45, 7) is -1.31. The molecule has 0 aliphatic rings. The van der Waals surface area contributed by atoms with E-state index in [1.807, 2.05) is 0 Å². The van der Waals surface area contributed by atoms with Gasteiger partial charge in [-0.1, -0.05) is 11.6 Å². The van der Waals surface area contributed by atoms with E-state index in [4.69, 9.17) is 16.7 Å². The van der Waals surface area contributed by atoms with Gasteiger partial charge in [0.15, 0.2) is 0 Å². The molecule has 0 amide bonds. The number of hydrogen-bond donors (Lipinski definition) is 1. The van der Waals surface area contributed by atoms with Crippen molar-refractivity contribution in [3.05, 3.63) is 22.8 Å². The molecule has 0 aromatic carbocycles. The molecule has 0 aliphatic carbocycles. The number of ether oxygens (including phenoxy) is 1. The Morgan fingerprint density at radius 1 is 1.64 bits per heavy atom. The summed E-state index contributed by atoms with van der Waals surface area (Å²) in [7, 11) is 1.30. The maximum absolute atomic E-state index is 13.0. The Bertz CT molecular complexity index is 333. The van der Waals surface area contributed by atoms with Crippen LogP contribution in [0.3, 0.4) is 0 Å². The Hall–Kier alpha value is -0.940. The lowest BCUT2D eigenvalue weighted by Crippen LogP contribution is -2.19. The molecule has 0 radical (unpaired) electrons. The van der Waals surface area contributed by atoms with Gasteiger partial charge < -0.3 is 9.84 Å². The number of halogens is 3. The first-order valence-corrected chi connectivity index (χ1v) is 4.07. The molecule has 0 bridgehead atoms. The molecule has 0 atom stereocenters. The molecule has 0 fully saturated rings. The predicted molar refractivity (Wildman–Crippen MR) is 46.8 cm³/mol. The first-order valence-electron chi connectivity index (χ1n) is 3.70. The minimum atomic E-state index is -3.38. The maximum atomic E-state index is 13.0. The number of hydrogen-bond acceptors (Lipinski definition) is 3. The molecule has 1 aromatic heterocycles. The van der Waals surface area contributed by atoms with Crippen molar-refractivity contribution in [1.29, 1.82) is 0 Å². The largest absolute Gasteiger partial charge is 0.481 e. The van der Waals surface area contributed by atoms with Crippen molar-refractivity contribution >= 4 is 11.6 Å². The van der Waals surface area contributed by atoms with Gasteiger partial charge in [-0.15, -0.1) is 0 Å². The number of alkyl halides is 2. The van der Waals surface area contributed by atoms with Crippen molar-refractivity contribution in [3.8, 4) is 5.88 Å². The second-order valence-electron chi connectivity index (χ2n) is 2.57. The average molecular weight is 224 g/mol. The van der Waals surface area contributed by atoms with Crippen LogP contribution in [0.4, 0.5) is 8.78 Å². The number of aliphatic hydroxyl groups is 1. The summed E-state index contributed by atoms with van der Waals surface area (Å²) in [5.74, 6) is -3.36. The molecule has 1 N–H and O–H groups in total. The Balaban J connectivity index is 3.18. The summed E-state index contributed by atoms with van der Waals surface area (Å²) >= 11 is 5.51. The zero-order valence-electron chi connectivity index (χ0n) is 7.30. The van der Waals surface area contributed by atoms with Gasteiger partial charge in [-0.25, -0.2) is 4.98 Å². The number of aromatic nitrogens is 1. The molecule has 78 valence electrons. The minimum Gasteiger partial charge on any atom is -0.481 e. The first-order chi connectivity index (χ1) is 6.51. The van der Waals surface area contributed by atoms with Gasteiger partial charge in [0.1, 0.15) is 6.61 Å². The van der Waals surface area contributed by atoms with Crippen LogP contribution in [0.15, 0.2) is 12.3 Å². The Labute approximate surface area is 84.3 Å². The lowest BCUT2D eigenvalue weighted by atomic mass is 10.1. The van der Waals surface area contributed by atoms with Crippen LogP contribution in [0.25, 0.3) is 0 Å². The van der Waals surface area contributed by atoms with E-state index in [-0.39, 0.29) is 10.9 Å². The molecule has 0 saturated heterocycles. The summed E-state index contributed by atoms with van der Waals surface area (Å²) in [5, 5.41) is 8.26. The SMILES string of the molecule is COc1cc(C(F)(F)CO)c(Cl)cn1. The van der Waals surface area contributed by atoms with Gasteiger partial charge >= 0.3 is 0 Å². The highest BCUT2D eigenvalue weighted by Gasteiger charge is 2.33. The highest BCUT2D eigenvalue weighted by atomic mass is 35.5. The van der Waals surface area contributed by atoms with Crippen LogP contribution in [0.5, 0.6) is 5.88 Å². The fourth-order valence-corrected chi connectivity index (χ4v) is 1.14. The summed E-state index contributed by atoms with van der Waals surface area (Å²) < 4.78 is 30.8. The van der Waals surface area contributed by atoms with Gasteiger partial charge in [-0.3, -0.25) is 0 Å². The number of aliphatic hydroxyl groups excluding tert-OH is 1. The summed E-state index contributed by atoms with van der Waals surface area (Å²) in [5.41, 5.74) is -0.492. The molecule has 0 unspecified atom stereocenters. The fourth-order valence-electron chi connectivity index (χ4n) is 0.897. The molecule has 1 rings (SSSR count). The minimum absolute atomic E-state index is 0.0255. The lowest BCUT2D eigenvalue weighted by Gasteiger charge is -2.15. The first kappa shape index (κ1) is 11.1. The fraction of sp³-hybridized carbons (Fsp3) is 0.375. The monoisotopic (exact) mass is 223 g/mol. The molecule has 1 heterocycles. The van der Waals surface area contributed by atoms with Crippen LogP contribution in [0.1, 0.15) is 5.56 Å². The Morgan fingerprint density at radius 2 is 2.29 bits per heavy atom. The van der Waals surface area contributed by atoms with Gasteiger partial charge in [0.25, 0.3) is 5.92 Å². The molecule has 6 heteroatoms. The third kappa shape index (κ3) is 2.10. The third-order valence-electron chi connectivity index (χ3n) is 1.63. The van der Waals surface area contributed by atoms with Crippen LogP contribution in [-0.4, -0.2) is 23.8 Å². The molecule has 3 nitrogen and oxygen atoms in total. The quantitative estimate of drug-likeness (QED) is 0.850. The van der Waals surface area contributed by atoms with E-state index in [9.17, 15) is 8.78 Å². The van der Waals surface area contributed by atoms with Crippen molar-refractivity contribution in [2.45, 2.75) is 5.92 Å². The number of pyridine rings is 1. The molecular formula is C8H8ClF2NO2. The van der Waals surface area contributed by atoms with E-state index in [0.717, 1.165) is 12.3 Å². The smallest absolute Gasteiger partial charge is 0.297 e. The Kier molecular flexibility index (Phi) is 3.23. The number of nitrogens with zero attached hydrogens (tertiary/aromatic N) is 1. The van der Waals surface area contributed by atoms with Crippen molar-refractivity contribution in [3.63, 3.8) is 0 Å². The van der Waals surface area contributed by atoms with Crippen LogP contribution < -0.4 is 4.74 Å². The lowest BCUT2D eigenvalue weighted by molar-refractivity contribution is -0.0557. The van der Waals surface area contributed by atoms with Crippen molar-refractivity contribution in [1.82, 2.24) is 4.98 Å². The number of rotatable bonds is 3. The van der Waals surface area contributed by atoms with E-state index in [1.165, 1.54) is 7.11 Å². The third-order valence-corrected chi connectivity index (χ3v) is 1.93. The van der Waals surface area contributed by atoms with Crippen molar-refractivity contribution in [2.24, 2.45) is 0 Å². The van der Waals surface area contributed by atoms with Gasteiger partial charge in [-0.05, 0) is 0 Å². The number of methoxy groups -OCH3 is 1. The topological polar surface area (TPSA) is 42.4 Å². The van der Waals surface area contributed by atoms with E-state index in [0.29, 0.717) is 0 Å². The molecule has 1 aromatic rings. The summed E-state index contributed by atoms with van der Waals surface area (Å²) in [4.78, 5) is 3.64. The maximum Gasteiger partial charge on any atom is 0.297 e. The van der Waals surface area contributed by atoms with Gasteiger partial charge in [0.05, 0.1) is 18.3 Å². The summed E-state index contributed by atoms with van der Waals surface area (Å²) in [6, 6.07) is 0.999. The van der Waals surface area contributed by atoms with Gasteiger partial charge in [0.2, 0.25) is 5.88 Å². The van der Waals surface area contributed by atoms with E-state index in [2.05, 4.69) is 9.72 Å². The predicted octanol–water partition coefficient (Wildman–Crippen LogP) is 1.83. The molecule has 0 aliphatic heterocycles. The highest BCUT2D eigenvalue weighted by Crippen LogP contribution is 2.34. The second kappa shape index (κ2) is 4.06. The zero-order valence-corrected chi connectivity index (χ0v) is 8.05. The van der Waals surface area contributed by atoms with E-state index >= 15 is 0 Å². The van der Waals surface area contributed by atoms with Crippen LogP contribution in [0.2, 0.25) is 5.02 Å². The molecule has 14 heavy (non-hydrogen) atoms.